The molecule has 0 bridgehead atoms. The van der Waals surface area contributed by atoms with Crippen molar-refractivity contribution in [3.8, 4) is 0 Å². The SMILES string of the molecule is CC(Nc1ccccc1C(C)(C)C)c1cnccn1. The Morgan fingerprint density at radius 1 is 1.11 bits per heavy atom. The van der Waals surface area contributed by atoms with Gasteiger partial charge in [-0.1, -0.05) is 39.0 Å². The van der Waals surface area contributed by atoms with E-state index in [2.05, 4.69) is 67.2 Å². The van der Waals surface area contributed by atoms with Crippen molar-refractivity contribution in [3.63, 3.8) is 0 Å². The van der Waals surface area contributed by atoms with Crippen LogP contribution in [0.4, 0.5) is 5.69 Å². The fraction of sp³-hybridized carbons (Fsp3) is 0.375. The molecule has 3 heteroatoms. The number of para-hydroxylation sites is 1. The van der Waals surface area contributed by atoms with Crippen LogP contribution in [0.5, 0.6) is 0 Å². The molecule has 19 heavy (non-hydrogen) atoms. The molecule has 0 spiro atoms. The van der Waals surface area contributed by atoms with Crippen LogP contribution in [0, 0.1) is 0 Å². The number of hydrogen-bond acceptors (Lipinski definition) is 3. The van der Waals surface area contributed by atoms with E-state index in [0.29, 0.717) is 0 Å². The molecule has 1 aromatic carbocycles. The molecule has 0 saturated heterocycles. The van der Waals surface area contributed by atoms with Crippen molar-refractivity contribution in [2.24, 2.45) is 0 Å². The van der Waals surface area contributed by atoms with Gasteiger partial charge in [0.2, 0.25) is 0 Å². The molecule has 2 aromatic rings. The minimum atomic E-state index is 0.117. The summed E-state index contributed by atoms with van der Waals surface area (Å²) in [6.07, 6.45) is 5.22. The standard InChI is InChI=1S/C16H21N3/c1-12(15-11-17-9-10-18-15)19-14-8-6-5-7-13(14)16(2,3)4/h5-12,19H,1-4H3. The van der Waals surface area contributed by atoms with E-state index < -0.39 is 0 Å². The summed E-state index contributed by atoms with van der Waals surface area (Å²) in [5.74, 6) is 0. The summed E-state index contributed by atoms with van der Waals surface area (Å²) >= 11 is 0. The van der Waals surface area contributed by atoms with Gasteiger partial charge in [-0.3, -0.25) is 9.97 Å². The van der Waals surface area contributed by atoms with Crippen molar-refractivity contribution in [2.45, 2.75) is 39.2 Å². The summed E-state index contributed by atoms with van der Waals surface area (Å²) in [5.41, 5.74) is 3.54. The molecule has 1 unspecified atom stereocenters. The molecule has 3 nitrogen and oxygen atoms in total. The molecule has 0 amide bonds. The average molecular weight is 255 g/mol. The van der Waals surface area contributed by atoms with Crippen LogP contribution in [0.3, 0.4) is 0 Å². The summed E-state index contributed by atoms with van der Waals surface area (Å²) in [6.45, 7) is 8.77. The van der Waals surface area contributed by atoms with E-state index in [-0.39, 0.29) is 11.5 Å². The van der Waals surface area contributed by atoms with Crippen molar-refractivity contribution in [1.82, 2.24) is 9.97 Å². The highest BCUT2D eigenvalue weighted by atomic mass is 15.0. The number of hydrogen-bond donors (Lipinski definition) is 1. The van der Waals surface area contributed by atoms with Crippen LogP contribution < -0.4 is 5.32 Å². The molecule has 1 heterocycles. The third-order valence-corrected chi connectivity index (χ3v) is 3.13. The van der Waals surface area contributed by atoms with Crippen LogP contribution in [0.1, 0.15) is 45.0 Å². The molecule has 0 aliphatic carbocycles. The fourth-order valence-corrected chi connectivity index (χ4v) is 2.10. The van der Waals surface area contributed by atoms with Crippen LogP contribution in [0.25, 0.3) is 0 Å². The number of benzene rings is 1. The van der Waals surface area contributed by atoms with Crippen molar-refractivity contribution in [3.05, 3.63) is 54.1 Å². The topological polar surface area (TPSA) is 37.8 Å². The Bertz CT molecular complexity index is 529. The third kappa shape index (κ3) is 3.31. The lowest BCUT2D eigenvalue weighted by atomic mass is 9.85. The van der Waals surface area contributed by atoms with Gasteiger partial charge in [0.15, 0.2) is 0 Å². The lowest BCUT2D eigenvalue weighted by molar-refractivity contribution is 0.590. The van der Waals surface area contributed by atoms with E-state index in [1.807, 2.05) is 0 Å². The van der Waals surface area contributed by atoms with E-state index >= 15 is 0 Å². The maximum absolute atomic E-state index is 4.34. The Labute approximate surface area is 115 Å². The normalized spacial score (nSPS) is 13.1. The maximum atomic E-state index is 4.34. The number of aromatic nitrogens is 2. The quantitative estimate of drug-likeness (QED) is 0.902. The number of anilines is 1. The van der Waals surface area contributed by atoms with Gasteiger partial charge < -0.3 is 5.32 Å². The monoisotopic (exact) mass is 255 g/mol. The van der Waals surface area contributed by atoms with Crippen molar-refractivity contribution in [1.29, 1.82) is 0 Å². The number of rotatable bonds is 3. The Balaban J connectivity index is 2.25. The number of nitrogens with one attached hydrogen (secondary N) is 1. The molecule has 0 saturated carbocycles. The molecule has 1 aromatic heterocycles. The predicted molar refractivity (Wildman–Crippen MR) is 79.2 cm³/mol. The van der Waals surface area contributed by atoms with Crippen molar-refractivity contribution >= 4 is 5.69 Å². The molecule has 0 fully saturated rings. The Hall–Kier alpha value is -1.90. The van der Waals surface area contributed by atoms with Gasteiger partial charge in [0.05, 0.1) is 17.9 Å². The second kappa shape index (κ2) is 5.39. The first kappa shape index (κ1) is 13.5. The highest BCUT2D eigenvalue weighted by Gasteiger charge is 2.18. The van der Waals surface area contributed by atoms with Gasteiger partial charge >= 0.3 is 0 Å². The van der Waals surface area contributed by atoms with E-state index in [1.165, 1.54) is 5.56 Å². The molecule has 0 aliphatic heterocycles. The molecule has 100 valence electrons. The molecule has 1 N–H and O–H groups in total. The zero-order valence-corrected chi connectivity index (χ0v) is 12.0. The lowest BCUT2D eigenvalue weighted by Gasteiger charge is -2.25. The van der Waals surface area contributed by atoms with Crippen LogP contribution in [-0.4, -0.2) is 9.97 Å². The zero-order valence-electron chi connectivity index (χ0n) is 12.0. The Morgan fingerprint density at radius 2 is 1.84 bits per heavy atom. The molecule has 0 aliphatic rings. The highest BCUT2D eigenvalue weighted by molar-refractivity contribution is 5.55. The first-order chi connectivity index (χ1) is 8.98. The zero-order chi connectivity index (χ0) is 13.9. The number of nitrogens with zero attached hydrogens (tertiary/aromatic N) is 2. The van der Waals surface area contributed by atoms with E-state index in [1.54, 1.807) is 18.6 Å². The largest absolute Gasteiger partial charge is 0.377 e. The smallest absolute Gasteiger partial charge is 0.0806 e. The minimum Gasteiger partial charge on any atom is -0.377 e. The van der Waals surface area contributed by atoms with Crippen LogP contribution in [0.2, 0.25) is 0 Å². The van der Waals surface area contributed by atoms with Gasteiger partial charge in [-0.2, -0.15) is 0 Å². The molecule has 2 rings (SSSR count). The predicted octanol–water partition coefficient (Wildman–Crippen LogP) is 3.95. The maximum Gasteiger partial charge on any atom is 0.0806 e. The first-order valence-corrected chi connectivity index (χ1v) is 6.60. The van der Waals surface area contributed by atoms with E-state index in [0.717, 1.165) is 11.4 Å². The van der Waals surface area contributed by atoms with Gasteiger partial charge in [-0.05, 0) is 24.0 Å². The van der Waals surface area contributed by atoms with Crippen LogP contribution in [0.15, 0.2) is 42.9 Å². The molecular weight excluding hydrogens is 234 g/mol. The highest BCUT2D eigenvalue weighted by Crippen LogP contribution is 2.31. The fourth-order valence-electron chi connectivity index (χ4n) is 2.10. The van der Waals surface area contributed by atoms with E-state index in [4.69, 9.17) is 0 Å². The first-order valence-electron chi connectivity index (χ1n) is 6.60. The second-order valence-electron chi connectivity index (χ2n) is 5.79. The van der Waals surface area contributed by atoms with Crippen molar-refractivity contribution in [2.75, 3.05) is 5.32 Å². The van der Waals surface area contributed by atoms with E-state index in [9.17, 15) is 0 Å². The Morgan fingerprint density at radius 3 is 2.47 bits per heavy atom. The van der Waals surface area contributed by atoms with Crippen LogP contribution >= 0.6 is 0 Å². The summed E-state index contributed by atoms with van der Waals surface area (Å²) < 4.78 is 0. The average Bonchev–Trinajstić information content (AvgIpc) is 2.39. The van der Waals surface area contributed by atoms with Crippen molar-refractivity contribution < 1.29 is 0 Å². The molecule has 1 atom stereocenters. The molecular formula is C16H21N3. The summed E-state index contributed by atoms with van der Waals surface area (Å²) in [4.78, 5) is 8.46. The van der Waals surface area contributed by atoms with Gasteiger partial charge in [-0.15, -0.1) is 0 Å². The van der Waals surface area contributed by atoms with Gasteiger partial charge in [0.25, 0.3) is 0 Å². The van der Waals surface area contributed by atoms with Crippen LogP contribution in [-0.2, 0) is 5.41 Å². The lowest BCUT2D eigenvalue weighted by Crippen LogP contribution is -2.17. The van der Waals surface area contributed by atoms with Gasteiger partial charge in [0.1, 0.15) is 0 Å². The van der Waals surface area contributed by atoms with Gasteiger partial charge in [-0.25, -0.2) is 0 Å². The minimum absolute atomic E-state index is 0.117. The second-order valence-corrected chi connectivity index (χ2v) is 5.79. The Kier molecular flexibility index (Phi) is 3.84. The summed E-state index contributed by atoms with van der Waals surface area (Å²) in [6, 6.07) is 8.57. The molecule has 0 radical (unpaired) electrons. The van der Waals surface area contributed by atoms with Gasteiger partial charge in [0, 0.05) is 18.1 Å². The third-order valence-electron chi connectivity index (χ3n) is 3.13. The summed E-state index contributed by atoms with van der Waals surface area (Å²) in [7, 11) is 0. The summed E-state index contributed by atoms with van der Waals surface area (Å²) in [5, 5.41) is 3.53.